The summed E-state index contributed by atoms with van der Waals surface area (Å²) in [6.07, 6.45) is 4.97. The van der Waals surface area contributed by atoms with Gasteiger partial charge >= 0.3 is 0 Å². The second-order valence-corrected chi connectivity index (χ2v) is 3.45. The van der Waals surface area contributed by atoms with Crippen molar-refractivity contribution in [3.8, 4) is 0 Å². The van der Waals surface area contributed by atoms with E-state index in [4.69, 9.17) is 16.7 Å². The van der Waals surface area contributed by atoms with Crippen molar-refractivity contribution in [3.05, 3.63) is 0 Å². The summed E-state index contributed by atoms with van der Waals surface area (Å²) >= 11 is 5.74. The second kappa shape index (κ2) is 4.20. The van der Waals surface area contributed by atoms with Gasteiger partial charge in [-0.3, -0.25) is 0 Å². The maximum atomic E-state index is 8.93. The highest BCUT2D eigenvalue weighted by Crippen LogP contribution is 2.30. The molecule has 1 aliphatic carbocycles. The number of rotatable bonds is 2. The van der Waals surface area contributed by atoms with E-state index in [0.717, 1.165) is 5.88 Å². The van der Waals surface area contributed by atoms with Crippen LogP contribution in [-0.4, -0.2) is 17.6 Å². The first-order chi connectivity index (χ1) is 4.88. The molecule has 60 valence electrons. The summed E-state index contributed by atoms with van der Waals surface area (Å²) in [5.41, 5.74) is 0. The van der Waals surface area contributed by atoms with E-state index in [2.05, 4.69) is 0 Å². The van der Waals surface area contributed by atoms with Crippen LogP contribution >= 0.6 is 11.6 Å². The molecule has 0 aliphatic heterocycles. The van der Waals surface area contributed by atoms with Gasteiger partial charge in [0.05, 0.1) is 0 Å². The van der Waals surface area contributed by atoms with Crippen LogP contribution < -0.4 is 0 Å². The fraction of sp³-hybridized carbons (Fsp3) is 1.00. The zero-order valence-corrected chi connectivity index (χ0v) is 6.98. The third kappa shape index (κ3) is 1.86. The van der Waals surface area contributed by atoms with Crippen LogP contribution in [0.2, 0.25) is 0 Å². The molecule has 1 N–H and O–H groups in total. The molecule has 0 aromatic carbocycles. The first kappa shape index (κ1) is 8.35. The molecule has 0 saturated heterocycles. The molecule has 1 fully saturated rings. The van der Waals surface area contributed by atoms with Crippen LogP contribution in [0.15, 0.2) is 0 Å². The molecule has 0 radical (unpaired) electrons. The average molecular weight is 163 g/mol. The summed E-state index contributed by atoms with van der Waals surface area (Å²) in [6.45, 7) is 0.331. The Hall–Kier alpha value is 0.250. The zero-order chi connectivity index (χ0) is 7.40. The molecular formula is C8H15ClO. The third-order valence-electron chi connectivity index (χ3n) is 2.50. The molecule has 1 nitrogen and oxygen atoms in total. The normalized spacial score (nSPS) is 34.2. The van der Waals surface area contributed by atoms with E-state index in [1.54, 1.807) is 0 Å². The Kier molecular flexibility index (Phi) is 3.50. The number of alkyl halides is 1. The Bertz CT molecular complexity index is 83.3. The lowest BCUT2D eigenvalue weighted by atomic mass is 9.81. The number of halogens is 1. The molecule has 0 bridgehead atoms. The van der Waals surface area contributed by atoms with Crippen LogP contribution in [0, 0.1) is 11.8 Å². The molecule has 1 aliphatic rings. The van der Waals surface area contributed by atoms with Gasteiger partial charge < -0.3 is 5.11 Å². The molecule has 0 heterocycles. The van der Waals surface area contributed by atoms with Crippen LogP contribution in [0.5, 0.6) is 0 Å². The van der Waals surface area contributed by atoms with Gasteiger partial charge in [-0.05, 0) is 24.7 Å². The minimum absolute atomic E-state index is 0.331. The van der Waals surface area contributed by atoms with Crippen molar-refractivity contribution in [2.75, 3.05) is 12.5 Å². The molecule has 0 aromatic rings. The molecule has 10 heavy (non-hydrogen) atoms. The molecule has 1 rings (SSSR count). The van der Waals surface area contributed by atoms with Gasteiger partial charge in [-0.25, -0.2) is 0 Å². The van der Waals surface area contributed by atoms with Gasteiger partial charge in [-0.1, -0.05) is 12.8 Å². The van der Waals surface area contributed by atoms with E-state index in [1.165, 1.54) is 25.7 Å². The van der Waals surface area contributed by atoms with Crippen molar-refractivity contribution in [2.45, 2.75) is 25.7 Å². The van der Waals surface area contributed by atoms with Gasteiger partial charge in [0.2, 0.25) is 0 Å². The summed E-state index contributed by atoms with van der Waals surface area (Å²) in [5, 5.41) is 8.93. The van der Waals surface area contributed by atoms with E-state index in [0.29, 0.717) is 18.4 Å². The molecular weight excluding hydrogens is 148 g/mol. The first-order valence-corrected chi connectivity index (χ1v) is 4.58. The summed E-state index contributed by atoms with van der Waals surface area (Å²) in [5.74, 6) is 1.80. The van der Waals surface area contributed by atoms with Crippen molar-refractivity contribution in [1.29, 1.82) is 0 Å². The van der Waals surface area contributed by atoms with Crippen LogP contribution in [0.4, 0.5) is 0 Å². The highest BCUT2D eigenvalue weighted by Gasteiger charge is 2.22. The van der Waals surface area contributed by atoms with Gasteiger partial charge in [0.1, 0.15) is 0 Å². The summed E-state index contributed by atoms with van der Waals surface area (Å²) in [7, 11) is 0. The lowest BCUT2D eigenvalue weighted by Crippen LogP contribution is -2.23. The van der Waals surface area contributed by atoms with Crippen LogP contribution in [0.3, 0.4) is 0 Å². The Morgan fingerprint density at radius 2 is 1.80 bits per heavy atom. The van der Waals surface area contributed by atoms with Gasteiger partial charge in [0.25, 0.3) is 0 Å². The lowest BCUT2D eigenvalue weighted by molar-refractivity contribution is 0.146. The van der Waals surface area contributed by atoms with Crippen LogP contribution in [0.1, 0.15) is 25.7 Å². The zero-order valence-electron chi connectivity index (χ0n) is 6.22. The predicted octanol–water partition coefficient (Wildman–Crippen LogP) is 2.02. The predicted molar refractivity (Wildman–Crippen MR) is 43.3 cm³/mol. The number of hydrogen-bond donors (Lipinski definition) is 1. The molecule has 0 unspecified atom stereocenters. The maximum Gasteiger partial charge on any atom is 0.0462 e. The van der Waals surface area contributed by atoms with E-state index >= 15 is 0 Å². The van der Waals surface area contributed by atoms with Crippen LogP contribution in [0.25, 0.3) is 0 Å². The highest BCUT2D eigenvalue weighted by molar-refractivity contribution is 6.18. The summed E-state index contributed by atoms with van der Waals surface area (Å²) in [4.78, 5) is 0. The average Bonchev–Trinajstić information content (AvgIpc) is 2.04. The van der Waals surface area contributed by atoms with E-state index in [-0.39, 0.29) is 0 Å². The monoisotopic (exact) mass is 162 g/mol. The van der Waals surface area contributed by atoms with Gasteiger partial charge in [-0.2, -0.15) is 0 Å². The van der Waals surface area contributed by atoms with Gasteiger partial charge in [0.15, 0.2) is 0 Å². The van der Waals surface area contributed by atoms with Gasteiger partial charge in [0, 0.05) is 12.5 Å². The van der Waals surface area contributed by atoms with E-state index in [1.807, 2.05) is 0 Å². The third-order valence-corrected chi connectivity index (χ3v) is 2.90. The van der Waals surface area contributed by atoms with Crippen molar-refractivity contribution < 1.29 is 5.11 Å². The standard InChI is InChI=1S/C8H15ClO/c9-5-7-3-1-2-4-8(7)6-10/h7-8,10H,1-6H2/t7-,8+/m0/s1. The Morgan fingerprint density at radius 3 is 2.20 bits per heavy atom. The van der Waals surface area contributed by atoms with Crippen molar-refractivity contribution in [3.63, 3.8) is 0 Å². The minimum Gasteiger partial charge on any atom is -0.396 e. The highest BCUT2D eigenvalue weighted by atomic mass is 35.5. The smallest absolute Gasteiger partial charge is 0.0462 e. The van der Waals surface area contributed by atoms with Crippen molar-refractivity contribution in [2.24, 2.45) is 11.8 Å². The number of aliphatic hydroxyl groups excluding tert-OH is 1. The number of aliphatic hydroxyl groups is 1. The molecule has 0 amide bonds. The summed E-state index contributed by atoms with van der Waals surface area (Å²) in [6, 6.07) is 0. The Labute approximate surface area is 67.4 Å². The fourth-order valence-electron chi connectivity index (χ4n) is 1.73. The fourth-order valence-corrected chi connectivity index (χ4v) is 2.13. The Balaban J connectivity index is 2.34. The quantitative estimate of drug-likeness (QED) is 0.616. The first-order valence-electron chi connectivity index (χ1n) is 4.05. The molecule has 1 saturated carbocycles. The molecule has 2 heteroatoms. The van der Waals surface area contributed by atoms with Gasteiger partial charge in [-0.15, -0.1) is 11.6 Å². The van der Waals surface area contributed by atoms with Crippen LogP contribution in [-0.2, 0) is 0 Å². The largest absolute Gasteiger partial charge is 0.396 e. The SMILES string of the molecule is OC[C@H]1CCCC[C@H]1CCl. The maximum absolute atomic E-state index is 8.93. The second-order valence-electron chi connectivity index (χ2n) is 3.14. The van der Waals surface area contributed by atoms with E-state index < -0.39 is 0 Å². The molecule has 0 spiro atoms. The Morgan fingerprint density at radius 1 is 1.20 bits per heavy atom. The van der Waals surface area contributed by atoms with E-state index in [9.17, 15) is 0 Å². The number of hydrogen-bond acceptors (Lipinski definition) is 1. The topological polar surface area (TPSA) is 20.2 Å². The van der Waals surface area contributed by atoms with Crippen molar-refractivity contribution >= 4 is 11.6 Å². The molecule has 0 aromatic heterocycles. The van der Waals surface area contributed by atoms with Crippen molar-refractivity contribution in [1.82, 2.24) is 0 Å². The molecule has 2 atom stereocenters. The minimum atomic E-state index is 0.331. The summed E-state index contributed by atoms with van der Waals surface area (Å²) < 4.78 is 0. The lowest BCUT2D eigenvalue weighted by Gasteiger charge is -2.28.